The highest BCUT2D eigenvalue weighted by molar-refractivity contribution is 5.37. The molecule has 0 bridgehead atoms. The molecule has 0 aliphatic heterocycles. The van der Waals surface area contributed by atoms with Crippen molar-refractivity contribution in [2.75, 3.05) is 20.2 Å². The first-order valence-corrected chi connectivity index (χ1v) is 3.06. The normalized spacial score (nSPS) is 9.30. The average Bonchev–Trinajstić information content (AvgIpc) is 1.97. The standard InChI is InChI=1S/C6H11O4/c1-2-3-8-5-10-6-9-4-7/h2-3,5-6H2,1H3. The van der Waals surface area contributed by atoms with Crippen LogP contribution in [-0.4, -0.2) is 26.7 Å². The number of rotatable bonds is 7. The van der Waals surface area contributed by atoms with Crippen LogP contribution in [0.3, 0.4) is 0 Å². The van der Waals surface area contributed by atoms with Gasteiger partial charge in [-0.05, 0) is 6.42 Å². The molecule has 0 aliphatic carbocycles. The molecule has 0 heterocycles. The predicted octanol–water partition coefficient (Wildman–Crippen LogP) is 0.428. The molecule has 0 unspecified atom stereocenters. The average molecular weight is 147 g/mol. The molecule has 0 aromatic carbocycles. The topological polar surface area (TPSA) is 44.8 Å². The van der Waals surface area contributed by atoms with E-state index >= 15 is 0 Å². The van der Waals surface area contributed by atoms with Crippen molar-refractivity contribution < 1.29 is 19.0 Å². The van der Waals surface area contributed by atoms with Gasteiger partial charge < -0.3 is 14.2 Å². The maximum absolute atomic E-state index is 9.43. The first kappa shape index (κ1) is 9.39. The minimum absolute atomic E-state index is 0.0901. The second-order valence-electron chi connectivity index (χ2n) is 1.58. The highest BCUT2D eigenvalue weighted by atomic mass is 16.7. The Bertz CT molecular complexity index is 74.1. The summed E-state index contributed by atoms with van der Waals surface area (Å²) < 4.78 is 13.7. The summed E-state index contributed by atoms with van der Waals surface area (Å²) in [4.78, 5) is 9.43. The van der Waals surface area contributed by atoms with E-state index in [-0.39, 0.29) is 13.6 Å². The lowest BCUT2D eigenvalue weighted by atomic mass is 10.5. The minimum atomic E-state index is -0.0901. The number of carbonyl (C=O) groups excluding carboxylic acids is 1. The van der Waals surface area contributed by atoms with Crippen molar-refractivity contribution in [2.45, 2.75) is 13.3 Å². The maximum Gasteiger partial charge on any atom is 0.419 e. The van der Waals surface area contributed by atoms with Crippen LogP contribution in [-0.2, 0) is 19.0 Å². The van der Waals surface area contributed by atoms with E-state index in [1.165, 1.54) is 6.47 Å². The Hall–Kier alpha value is -0.610. The van der Waals surface area contributed by atoms with E-state index in [4.69, 9.17) is 4.74 Å². The van der Waals surface area contributed by atoms with E-state index in [0.717, 1.165) is 6.42 Å². The zero-order chi connectivity index (χ0) is 7.66. The highest BCUT2D eigenvalue weighted by Crippen LogP contribution is 1.81. The largest absolute Gasteiger partial charge is 0.430 e. The Labute approximate surface area is 60.1 Å². The van der Waals surface area contributed by atoms with E-state index < -0.39 is 0 Å². The van der Waals surface area contributed by atoms with Crippen LogP contribution in [0.2, 0.25) is 0 Å². The lowest BCUT2D eigenvalue weighted by molar-refractivity contribution is -0.103. The van der Waals surface area contributed by atoms with Crippen molar-refractivity contribution in [3.8, 4) is 0 Å². The zero-order valence-corrected chi connectivity index (χ0v) is 5.96. The SMILES string of the molecule is CCCOCOCO[C]=O. The molecule has 0 amide bonds. The Kier molecular flexibility index (Phi) is 7.88. The molecule has 0 atom stereocenters. The van der Waals surface area contributed by atoms with E-state index in [9.17, 15) is 4.79 Å². The van der Waals surface area contributed by atoms with Crippen molar-refractivity contribution in [3.63, 3.8) is 0 Å². The van der Waals surface area contributed by atoms with E-state index in [2.05, 4.69) is 9.47 Å². The summed E-state index contributed by atoms with van der Waals surface area (Å²) in [5.74, 6) is 0. The summed E-state index contributed by atoms with van der Waals surface area (Å²) in [7, 11) is 0. The molecule has 0 aromatic rings. The van der Waals surface area contributed by atoms with Crippen LogP contribution in [0.25, 0.3) is 0 Å². The maximum atomic E-state index is 9.43. The smallest absolute Gasteiger partial charge is 0.419 e. The van der Waals surface area contributed by atoms with Gasteiger partial charge in [-0.1, -0.05) is 6.92 Å². The summed E-state index contributed by atoms with van der Waals surface area (Å²) >= 11 is 0. The van der Waals surface area contributed by atoms with Crippen molar-refractivity contribution in [1.82, 2.24) is 0 Å². The van der Waals surface area contributed by atoms with Crippen LogP contribution >= 0.6 is 0 Å². The Balaban J connectivity index is 2.70. The van der Waals surface area contributed by atoms with Crippen LogP contribution < -0.4 is 0 Å². The molecule has 1 radical (unpaired) electrons. The van der Waals surface area contributed by atoms with Gasteiger partial charge in [0.15, 0.2) is 13.6 Å². The molecule has 0 N–H and O–H groups in total. The third kappa shape index (κ3) is 7.39. The van der Waals surface area contributed by atoms with Gasteiger partial charge in [0.25, 0.3) is 0 Å². The van der Waals surface area contributed by atoms with Crippen molar-refractivity contribution in [1.29, 1.82) is 0 Å². The second-order valence-corrected chi connectivity index (χ2v) is 1.58. The first-order valence-electron chi connectivity index (χ1n) is 3.06. The molecule has 0 saturated carbocycles. The van der Waals surface area contributed by atoms with E-state index in [1.54, 1.807) is 0 Å². The van der Waals surface area contributed by atoms with Gasteiger partial charge in [-0.2, -0.15) is 0 Å². The molecule has 0 spiro atoms. The molecule has 4 heteroatoms. The lowest BCUT2D eigenvalue weighted by Gasteiger charge is -2.01. The molecular weight excluding hydrogens is 136 g/mol. The van der Waals surface area contributed by atoms with Crippen LogP contribution in [0.1, 0.15) is 13.3 Å². The number of hydrogen-bond donors (Lipinski definition) is 0. The fourth-order valence-corrected chi connectivity index (χ4v) is 0.362. The summed E-state index contributed by atoms with van der Waals surface area (Å²) in [5, 5.41) is 0. The van der Waals surface area contributed by atoms with E-state index in [1.807, 2.05) is 6.92 Å². The molecule has 0 fully saturated rings. The van der Waals surface area contributed by atoms with E-state index in [0.29, 0.717) is 6.61 Å². The van der Waals surface area contributed by atoms with Gasteiger partial charge in [0.05, 0.1) is 0 Å². The Morgan fingerprint density at radius 3 is 2.70 bits per heavy atom. The third-order valence-corrected chi connectivity index (χ3v) is 0.716. The van der Waals surface area contributed by atoms with Crippen molar-refractivity contribution in [2.24, 2.45) is 0 Å². The molecule has 10 heavy (non-hydrogen) atoms. The first-order chi connectivity index (χ1) is 4.91. The van der Waals surface area contributed by atoms with Gasteiger partial charge in [0.1, 0.15) is 0 Å². The second kappa shape index (κ2) is 8.39. The van der Waals surface area contributed by atoms with Gasteiger partial charge in [0.2, 0.25) is 0 Å². The van der Waals surface area contributed by atoms with Crippen LogP contribution in [0.4, 0.5) is 0 Å². The summed E-state index contributed by atoms with van der Waals surface area (Å²) in [5.41, 5.74) is 0. The Morgan fingerprint density at radius 2 is 2.10 bits per heavy atom. The quantitative estimate of drug-likeness (QED) is 0.387. The fraction of sp³-hybridized carbons (Fsp3) is 0.833. The molecule has 4 nitrogen and oxygen atoms in total. The van der Waals surface area contributed by atoms with Crippen molar-refractivity contribution in [3.05, 3.63) is 0 Å². The summed E-state index contributed by atoms with van der Waals surface area (Å²) in [6.45, 7) is 3.95. The summed E-state index contributed by atoms with van der Waals surface area (Å²) in [6, 6.07) is 0. The molecule has 0 aliphatic rings. The molecule has 59 valence electrons. The Morgan fingerprint density at radius 1 is 1.30 bits per heavy atom. The zero-order valence-electron chi connectivity index (χ0n) is 5.96. The number of hydrogen-bond acceptors (Lipinski definition) is 4. The minimum Gasteiger partial charge on any atom is -0.430 e. The predicted molar refractivity (Wildman–Crippen MR) is 33.8 cm³/mol. The molecule has 0 aromatic heterocycles. The highest BCUT2D eigenvalue weighted by Gasteiger charge is 1.85. The molecule has 0 rings (SSSR count). The van der Waals surface area contributed by atoms with Crippen LogP contribution in [0.15, 0.2) is 0 Å². The number of ether oxygens (including phenoxy) is 3. The lowest BCUT2D eigenvalue weighted by Crippen LogP contribution is -2.03. The van der Waals surface area contributed by atoms with Gasteiger partial charge in [-0.25, -0.2) is 4.79 Å². The fourth-order valence-electron chi connectivity index (χ4n) is 0.362. The van der Waals surface area contributed by atoms with Gasteiger partial charge in [-0.15, -0.1) is 0 Å². The van der Waals surface area contributed by atoms with Crippen molar-refractivity contribution >= 4 is 6.47 Å². The van der Waals surface area contributed by atoms with Crippen LogP contribution in [0, 0.1) is 0 Å². The third-order valence-electron chi connectivity index (χ3n) is 0.716. The van der Waals surface area contributed by atoms with Gasteiger partial charge in [-0.3, -0.25) is 0 Å². The summed E-state index contributed by atoms with van der Waals surface area (Å²) in [6.07, 6.45) is 0.948. The van der Waals surface area contributed by atoms with Crippen LogP contribution in [0.5, 0.6) is 0 Å². The molecule has 0 saturated heterocycles. The van der Waals surface area contributed by atoms with Gasteiger partial charge in [0, 0.05) is 6.61 Å². The molecular formula is C6H11O4. The van der Waals surface area contributed by atoms with Gasteiger partial charge >= 0.3 is 6.47 Å². The monoisotopic (exact) mass is 147 g/mol.